The van der Waals surface area contributed by atoms with Gasteiger partial charge >= 0.3 is 6.03 Å². The van der Waals surface area contributed by atoms with E-state index >= 15 is 0 Å². The number of carbonyl (C=O) groups is 1. The van der Waals surface area contributed by atoms with E-state index in [0.29, 0.717) is 11.5 Å². The molecular formula is C15H22N2O3S. The number of aliphatic hydroxyl groups excluding tert-OH is 1. The van der Waals surface area contributed by atoms with E-state index in [1.807, 2.05) is 32.0 Å². The minimum absolute atomic E-state index is 0.0239. The maximum Gasteiger partial charge on any atom is 0.315 e. The van der Waals surface area contributed by atoms with Gasteiger partial charge in [-0.2, -0.15) is 0 Å². The average Bonchev–Trinajstić information content (AvgIpc) is 2.80. The third-order valence-corrected chi connectivity index (χ3v) is 4.97. The van der Waals surface area contributed by atoms with Crippen LogP contribution in [0.2, 0.25) is 0 Å². The van der Waals surface area contributed by atoms with E-state index in [4.69, 9.17) is 0 Å². The summed E-state index contributed by atoms with van der Waals surface area (Å²) in [5.74, 6) is 1.17. The van der Waals surface area contributed by atoms with Gasteiger partial charge in [-0.05, 0) is 25.8 Å². The maximum atomic E-state index is 11.7. The Hall–Kier alpha value is -1.40. The van der Waals surface area contributed by atoms with E-state index < -0.39 is 16.9 Å². The molecule has 1 aromatic carbocycles. The van der Waals surface area contributed by atoms with E-state index in [1.165, 1.54) is 0 Å². The molecule has 0 bridgehead atoms. The third kappa shape index (κ3) is 4.82. The quantitative estimate of drug-likeness (QED) is 0.781. The fourth-order valence-corrected chi connectivity index (χ4v) is 3.94. The first kappa shape index (κ1) is 16.0. The lowest BCUT2D eigenvalue weighted by atomic mass is 10.0. The molecule has 21 heavy (non-hydrogen) atoms. The molecule has 1 aliphatic heterocycles. The Labute approximate surface area is 127 Å². The summed E-state index contributed by atoms with van der Waals surface area (Å²) in [4.78, 5) is 11.7. The largest absolute Gasteiger partial charge is 0.387 e. The Morgan fingerprint density at radius 2 is 2.05 bits per heavy atom. The molecule has 1 saturated heterocycles. The van der Waals surface area contributed by atoms with E-state index in [0.717, 1.165) is 23.1 Å². The van der Waals surface area contributed by atoms with Crippen molar-refractivity contribution < 1.29 is 14.1 Å². The van der Waals surface area contributed by atoms with Crippen molar-refractivity contribution in [3.63, 3.8) is 0 Å². The van der Waals surface area contributed by atoms with E-state index in [9.17, 15) is 14.1 Å². The summed E-state index contributed by atoms with van der Waals surface area (Å²) in [6.45, 7) is 4.11. The minimum atomic E-state index is -0.809. The van der Waals surface area contributed by atoms with Gasteiger partial charge in [-0.3, -0.25) is 4.21 Å². The minimum Gasteiger partial charge on any atom is -0.387 e. The van der Waals surface area contributed by atoms with E-state index in [-0.39, 0.29) is 18.6 Å². The van der Waals surface area contributed by atoms with Gasteiger partial charge in [0, 0.05) is 34.9 Å². The lowest BCUT2D eigenvalue weighted by Crippen LogP contribution is -2.43. The van der Waals surface area contributed by atoms with Gasteiger partial charge in [0.15, 0.2) is 0 Å². The number of urea groups is 1. The molecule has 116 valence electrons. The fourth-order valence-electron chi connectivity index (χ4n) is 2.52. The lowest BCUT2D eigenvalue weighted by Gasteiger charge is -2.16. The number of amides is 2. The second kappa shape index (κ2) is 7.04. The fraction of sp³-hybridized carbons (Fsp3) is 0.533. The number of carbonyl (C=O) groups excluding carboxylic acids is 1. The van der Waals surface area contributed by atoms with Gasteiger partial charge in [0.25, 0.3) is 0 Å². The number of hydrogen-bond acceptors (Lipinski definition) is 3. The molecule has 0 spiro atoms. The summed E-state index contributed by atoms with van der Waals surface area (Å²) in [6, 6.07) is 5.53. The van der Waals surface area contributed by atoms with Gasteiger partial charge in [-0.15, -0.1) is 0 Å². The molecule has 3 atom stereocenters. The molecule has 1 fully saturated rings. The molecular weight excluding hydrogens is 288 g/mol. The van der Waals surface area contributed by atoms with Crippen molar-refractivity contribution in [3.8, 4) is 0 Å². The highest BCUT2D eigenvalue weighted by Gasteiger charge is 2.22. The lowest BCUT2D eigenvalue weighted by molar-refractivity contribution is 0.172. The third-order valence-electron chi connectivity index (χ3n) is 3.50. The number of benzene rings is 1. The molecule has 3 unspecified atom stereocenters. The van der Waals surface area contributed by atoms with Gasteiger partial charge in [0.05, 0.1) is 6.10 Å². The average molecular weight is 310 g/mol. The summed E-state index contributed by atoms with van der Waals surface area (Å²) in [7, 11) is -0.809. The van der Waals surface area contributed by atoms with Crippen LogP contribution in [0.3, 0.4) is 0 Å². The highest BCUT2D eigenvalue weighted by atomic mass is 32.2. The number of hydrogen-bond donors (Lipinski definition) is 3. The normalized spacial score (nSPS) is 22.8. The predicted molar refractivity (Wildman–Crippen MR) is 83.7 cm³/mol. The summed E-state index contributed by atoms with van der Waals surface area (Å²) >= 11 is 0. The van der Waals surface area contributed by atoms with Crippen LogP contribution in [-0.4, -0.2) is 39.4 Å². The first-order valence-electron chi connectivity index (χ1n) is 7.09. The van der Waals surface area contributed by atoms with Crippen LogP contribution in [-0.2, 0) is 10.8 Å². The van der Waals surface area contributed by atoms with Crippen molar-refractivity contribution in [1.82, 2.24) is 10.6 Å². The summed E-state index contributed by atoms with van der Waals surface area (Å²) in [5, 5.41) is 15.6. The van der Waals surface area contributed by atoms with Crippen LogP contribution in [0.1, 0.15) is 29.2 Å². The van der Waals surface area contributed by atoms with Gasteiger partial charge in [-0.1, -0.05) is 29.3 Å². The Balaban J connectivity index is 1.81. The highest BCUT2D eigenvalue weighted by molar-refractivity contribution is 7.85. The molecule has 5 nitrogen and oxygen atoms in total. The molecule has 0 radical (unpaired) electrons. The van der Waals surface area contributed by atoms with Crippen molar-refractivity contribution in [2.45, 2.75) is 32.4 Å². The zero-order valence-corrected chi connectivity index (χ0v) is 13.2. The zero-order valence-electron chi connectivity index (χ0n) is 12.4. The van der Waals surface area contributed by atoms with Gasteiger partial charge in [-0.25, -0.2) is 4.79 Å². The Morgan fingerprint density at radius 3 is 2.62 bits per heavy atom. The van der Waals surface area contributed by atoms with Crippen molar-refractivity contribution >= 4 is 16.8 Å². The standard InChI is InChI=1S/C15H22N2O3S/c1-10-5-11(2)7-12(6-10)14(18)8-16-15(19)17-13-3-4-21(20)9-13/h5-7,13-14,18H,3-4,8-9H2,1-2H3,(H2,16,17,19). The number of nitrogens with one attached hydrogen (secondary N) is 2. The van der Waals surface area contributed by atoms with Crippen molar-refractivity contribution in [2.24, 2.45) is 0 Å². The van der Waals surface area contributed by atoms with Crippen LogP contribution in [0.4, 0.5) is 4.79 Å². The van der Waals surface area contributed by atoms with Crippen LogP contribution in [0.15, 0.2) is 18.2 Å². The van der Waals surface area contributed by atoms with Gasteiger partial charge in [0.1, 0.15) is 0 Å². The summed E-state index contributed by atoms with van der Waals surface area (Å²) < 4.78 is 11.2. The number of aryl methyl sites for hydroxylation is 2. The molecule has 0 aliphatic carbocycles. The van der Waals surface area contributed by atoms with E-state index in [2.05, 4.69) is 10.6 Å². The van der Waals surface area contributed by atoms with Crippen molar-refractivity contribution in [1.29, 1.82) is 0 Å². The Kier molecular flexibility index (Phi) is 5.36. The van der Waals surface area contributed by atoms with Gasteiger partial charge in [0.2, 0.25) is 0 Å². The molecule has 1 heterocycles. The topological polar surface area (TPSA) is 78.4 Å². The van der Waals surface area contributed by atoms with Crippen LogP contribution in [0.25, 0.3) is 0 Å². The highest BCUT2D eigenvalue weighted by Crippen LogP contribution is 2.16. The van der Waals surface area contributed by atoms with Crippen LogP contribution in [0.5, 0.6) is 0 Å². The summed E-state index contributed by atoms with van der Waals surface area (Å²) in [5.41, 5.74) is 2.97. The molecule has 3 N–H and O–H groups in total. The molecule has 0 saturated carbocycles. The molecule has 2 amide bonds. The first-order valence-corrected chi connectivity index (χ1v) is 8.58. The Morgan fingerprint density at radius 1 is 1.38 bits per heavy atom. The molecule has 2 rings (SSSR count). The first-order chi connectivity index (χ1) is 9.94. The monoisotopic (exact) mass is 310 g/mol. The number of aliphatic hydroxyl groups is 1. The van der Waals surface area contributed by atoms with Gasteiger partial charge < -0.3 is 15.7 Å². The van der Waals surface area contributed by atoms with Crippen LogP contribution in [0, 0.1) is 13.8 Å². The second-order valence-corrected chi connectivity index (χ2v) is 7.21. The van der Waals surface area contributed by atoms with Crippen molar-refractivity contribution in [2.75, 3.05) is 18.1 Å². The second-order valence-electron chi connectivity index (χ2n) is 5.59. The molecule has 1 aliphatic rings. The summed E-state index contributed by atoms with van der Waals surface area (Å²) in [6.07, 6.45) is 0.0201. The molecule has 1 aromatic rings. The smallest absolute Gasteiger partial charge is 0.315 e. The van der Waals surface area contributed by atoms with Crippen molar-refractivity contribution in [3.05, 3.63) is 34.9 Å². The molecule has 6 heteroatoms. The van der Waals surface area contributed by atoms with Crippen LogP contribution >= 0.6 is 0 Å². The maximum absolute atomic E-state index is 11.7. The number of rotatable bonds is 4. The predicted octanol–water partition coefficient (Wildman–Crippen LogP) is 1.16. The van der Waals surface area contributed by atoms with Crippen LogP contribution < -0.4 is 10.6 Å². The zero-order chi connectivity index (χ0) is 15.4. The Bertz CT molecular complexity index is 527. The SMILES string of the molecule is Cc1cc(C)cc(C(O)CNC(=O)NC2CCS(=O)C2)c1. The van der Waals surface area contributed by atoms with E-state index in [1.54, 1.807) is 0 Å². The molecule has 0 aromatic heterocycles.